The molecule has 0 aliphatic carbocycles. The molecule has 0 aliphatic heterocycles. The summed E-state index contributed by atoms with van der Waals surface area (Å²) in [5, 5.41) is 0. The molecule has 0 aliphatic rings. The number of esters is 2. The minimum Gasteiger partial charge on any atom is -0.469 e. The van der Waals surface area contributed by atoms with Crippen LogP contribution in [0.3, 0.4) is 0 Å². The van der Waals surface area contributed by atoms with Gasteiger partial charge in [0.05, 0.1) is 14.2 Å². The summed E-state index contributed by atoms with van der Waals surface area (Å²) in [6.45, 7) is 9.78. The molecule has 0 N–H and O–H groups in total. The fraction of sp³-hybridized carbons (Fsp3) is 0.750. The number of ether oxygens (including phenoxy) is 2. The minimum atomic E-state index is -0.245. The lowest BCUT2D eigenvalue weighted by atomic mass is 10.6. The van der Waals surface area contributed by atoms with E-state index in [1.807, 2.05) is 26.0 Å². The van der Waals surface area contributed by atoms with Gasteiger partial charge in [0.25, 0.3) is 0 Å². The van der Waals surface area contributed by atoms with Crippen molar-refractivity contribution < 1.29 is 28.7 Å². The predicted octanol–water partition coefficient (Wildman–Crippen LogP) is 5.95. The number of hydrogen-bond acceptors (Lipinski definition) is 6. The second-order valence-electron chi connectivity index (χ2n) is 4.88. The van der Waals surface area contributed by atoms with E-state index in [1.54, 1.807) is 28.2 Å². The van der Waals surface area contributed by atoms with Crippen LogP contribution in [0.2, 0.25) is 0 Å². The van der Waals surface area contributed by atoms with Gasteiger partial charge in [-0.2, -0.15) is 0 Å². The van der Waals surface area contributed by atoms with E-state index in [4.69, 9.17) is 0 Å². The van der Waals surface area contributed by atoms with E-state index in [9.17, 15) is 19.2 Å². The summed E-state index contributed by atoms with van der Waals surface area (Å²) in [5.41, 5.74) is 0. The molecule has 0 bridgehead atoms. The predicted molar refractivity (Wildman–Crippen MR) is 145 cm³/mol. The molecular weight excluding hydrogens is 412 g/mol. The Kier molecular flexibility index (Phi) is 124. The number of carbonyl (C=O) groups is 4. The summed E-state index contributed by atoms with van der Waals surface area (Å²) in [6.07, 6.45) is 4.00. The Labute approximate surface area is 203 Å². The van der Waals surface area contributed by atoms with Gasteiger partial charge in [-0.25, -0.2) is 0 Å². The highest BCUT2D eigenvalue weighted by Gasteiger charge is 1.88. The van der Waals surface area contributed by atoms with Gasteiger partial charge in [-0.3, -0.25) is 19.2 Å². The van der Waals surface area contributed by atoms with Gasteiger partial charge in [-0.05, 0) is 13.8 Å². The zero-order valence-corrected chi connectivity index (χ0v) is 18.5. The van der Waals surface area contributed by atoms with Gasteiger partial charge in [0.15, 0.2) is 0 Å². The van der Waals surface area contributed by atoms with Crippen molar-refractivity contribution in [1.29, 1.82) is 0 Å². The largest absolute Gasteiger partial charge is 0.469 e. The SMILES string of the molecule is C.C.C.C.C.C.CC(=O)N(C)C.CC(=O)N(C)C.CC=CC.COC(C)=O.COC(C)=O. The van der Waals surface area contributed by atoms with Crippen molar-refractivity contribution in [2.45, 2.75) is 86.1 Å². The summed E-state index contributed by atoms with van der Waals surface area (Å²) in [4.78, 5) is 42.4. The van der Waals surface area contributed by atoms with Crippen molar-refractivity contribution in [2.24, 2.45) is 0 Å². The Bertz CT molecular complexity index is 358. The third-order valence-corrected chi connectivity index (χ3v) is 2.17. The molecule has 0 saturated heterocycles. The Morgan fingerprint density at radius 3 is 0.625 bits per heavy atom. The van der Waals surface area contributed by atoms with Crippen molar-refractivity contribution in [3.8, 4) is 0 Å². The Morgan fingerprint density at radius 1 is 0.531 bits per heavy atom. The molecule has 0 fully saturated rings. The van der Waals surface area contributed by atoms with Crippen molar-refractivity contribution in [3.05, 3.63) is 12.2 Å². The normalized spacial score (nSPS) is 6.25. The highest BCUT2D eigenvalue weighted by Crippen LogP contribution is 1.70. The molecule has 0 spiro atoms. The van der Waals surface area contributed by atoms with Crippen LogP contribution < -0.4 is 0 Å². The van der Waals surface area contributed by atoms with Crippen LogP contribution >= 0.6 is 0 Å². The first-order valence-corrected chi connectivity index (χ1v) is 7.77. The number of carbonyl (C=O) groups excluding carboxylic acids is 4. The van der Waals surface area contributed by atoms with E-state index < -0.39 is 0 Å². The Hall–Kier alpha value is -2.38. The highest BCUT2D eigenvalue weighted by molar-refractivity contribution is 5.72. The quantitative estimate of drug-likeness (QED) is 0.318. The maximum Gasteiger partial charge on any atom is 0.302 e. The molecule has 204 valence electrons. The van der Waals surface area contributed by atoms with Crippen molar-refractivity contribution in [1.82, 2.24) is 9.80 Å². The van der Waals surface area contributed by atoms with E-state index in [1.165, 1.54) is 51.7 Å². The number of allylic oxidation sites excluding steroid dienone is 2. The Morgan fingerprint density at radius 2 is 0.625 bits per heavy atom. The fourth-order valence-corrected chi connectivity index (χ4v) is 0. The second-order valence-corrected chi connectivity index (χ2v) is 4.88. The number of rotatable bonds is 0. The van der Waals surface area contributed by atoms with Crippen LogP contribution in [0.25, 0.3) is 0 Å². The van der Waals surface area contributed by atoms with Crippen LogP contribution in [0.5, 0.6) is 0 Å². The molecule has 8 heteroatoms. The summed E-state index contributed by atoms with van der Waals surface area (Å²) in [7, 11) is 9.60. The first-order valence-electron chi connectivity index (χ1n) is 7.77. The monoisotopic (exact) mass is 474 g/mol. The molecule has 0 heterocycles. The van der Waals surface area contributed by atoms with Crippen LogP contribution in [-0.2, 0) is 28.7 Å². The van der Waals surface area contributed by atoms with Gasteiger partial charge in [-0.15, -0.1) is 0 Å². The summed E-state index contributed by atoms with van der Waals surface area (Å²) >= 11 is 0. The van der Waals surface area contributed by atoms with Gasteiger partial charge in [0, 0.05) is 55.9 Å². The summed E-state index contributed by atoms with van der Waals surface area (Å²) in [6, 6.07) is 0. The van der Waals surface area contributed by atoms with Crippen molar-refractivity contribution in [2.75, 3.05) is 42.4 Å². The van der Waals surface area contributed by atoms with Crippen LogP contribution in [0, 0.1) is 0 Å². The molecule has 0 unspecified atom stereocenters. The minimum absolute atomic E-state index is 0. The molecule has 0 rings (SSSR count). The topological polar surface area (TPSA) is 93.2 Å². The van der Waals surface area contributed by atoms with Crippen LogP contribution in [0.1, 0.15) is 86.1 Å². The molecule has 0 saturated carbocycles. The number of amides is 2. The zero-order chi connectivity index (χ0) is 22.3. The number of nitrogens with zero attached hydrogens (tertiary/aromatic N) is 2. The third kappa shape index (κ3) is 174. The molecule has 32 heavy (non-hydrogen) atoms. The van der Waals surface area contributed by atoms with E-state index in [-0.39, 0.29) is 68.3 Å². The fourth-order valence-electron chi connectivity index (χ4n) is 0. The zero-order valence-electron chi connectivity index (χ0n) is 18.5. The number of methoxy groups -OCH3 is 2. The first kappa shape index (κ1) is 70.0. The van der Waals surface area contributed by atoms with Crippen LogP contribution in [0.4, 0.5) is 0 Å². The smallest absolute Gasteiger partial charge is 0.302 e. The number of hydrogen-bond donors (Lipinski definition) is 0. The standard InChI is InChI=1S/2C4H9NO.C4H8.2C3H6O2.6CH4/c2*1-4(6)5(2)3;1-3-4-2;2*1-3(4)5-2;;;;;;/h2*1-3H3;3-4H,1-2H3;2*1-2H3;6*1H4. The molecule has 0 radical (unpaired) electrons. The molecule has 2 amide bonds. The van der Waals surface area contributed by atoms with Crippen molar-refractivity contribution >= 4 is 23.8 Å². The van der Waals surface area contributed by atoms with Gasteiger partial charge >= 0.3 is 11.9 Å². The van der Waals surface area contributed by atoms with E-state index in [0.717, 1.165) is 0 Å². The lowest BCUT2D eigenvalue weighted by molar-refractivity contribution is -0.138. The van der Waals surface area contributed by atoms with Gasteiger partial charge < -0.3 is 19.3 Å². The molecular formula is C24H62N2O6. The first-order chi connectivity index (χ1) is 11.7. The van der Waals surface area contributed by atoms with Gasteiger partial charge in [0.2, 0.25) is 11.8 Å². The summed E-state index contributed by atoms with van der Waals surface area (Å²) < 4.78 is 8.22. The van der Waals surface area contributed by atoms with Crippen molar-refractivity contribution in [3.63, 3.8) is 0 Å². The molecule has 0 aromatic rings. The van der Waals surface area contributed by atoms with E-state index >= 15 is 0 Å². The average Bonchev–Trinajstić information content (AvgIpc) is 2.56. The molecule has 0 aromatic heterocycles. The highest BCUT2D eigenvalue weighted by atomic mass is 16.5. The molecule has 0 aromatic carbocycles. The second kappa shape index (κ2) is 56.7. The summed E-state index contributed by atoms with van der Waals surface area (Å²) in [5.74, 6) is -0.306. The molecule has 8 nitrogen and oxygen atoms in total. The van der Waals surface area contributed by atoms with E-state index in [0.29, 0.717) is 0 Å². The maximum absolute atomic E-state index is 10.1. The Balaban J connectivity index is -0.0000000184. The van der Waals surface area contributed by atoms with E-state index in [2.05, 4.69) is 9.47 Å². The third-order valence-electron chi connectivity index (χ3n) is 2.17. The van der Waals surface area contributed by atoms with Gasteiger partial charge in [-0.1, -0.05) is 56.7 Å². The van der Waals surface area contributed by atoms with Crippen LogP contribution in [-0.4, -0.2) is 76.0 Å². The lowest BCUT2D eigenvalue weighted by Gasteiger charge is -2.02. The average molecular weight is 475 g/mol. The molecule has 0 atom stereocenters. The van der Waals surface area contributed by atoms with Gasteiger partial charge in [0.1, 0.15) is 0 Å². The van der Waals surface area contributed by atoms with Crippen LogP contribution in [0.15, 0.2) is 12.2 Å². The lowest BCUT2D eigenvalue weighted by Crippen LogP contribution is -2.17. The maximum atomic E-state index is 10.1.